The van der Waals surface area contributed by atoms with Crippen molar-refractivity contribution in [3.63, 3.8) is 0 Å². The van der Waals surface area contributed by atoms with Gasteiger partial charge in [0.2, 0.25) is 10.0 Å². The smallest absolute Gasteiger partial charge is 0.212 e. The van der Waals surface area contributed by atoms with Crippen LogP contribution in [0.3, 0.4) is 0 Å². The van der Waals surface area contributed by atoms with E-state index in [1.807, 2.05) is 0 Å². The molecule has 0 spiro atoms. The predicted molar refractivity (Wildman–Crippen MR) is 69.0 cm³/mol. The van der Waals surface area contributed by atoms with Crippen molar-refractivity contribution in [3.8, 4) is 0 Å². The second kappa shape index (κ2) is 5.36. The molecule has 1 aliphatic rings. The van der Waals surface area contributed by atoms with Crippen LogP contribution in [0.25, 0.3) is 0 Å². The zero-order valence-corrected chi connectivity index (χ0v) is 11.3. The summed E-state index contributed by atoms with van der Waals surface area (Å²) in [4.78, 5) is 0. The molecule has 5 heteroatoms. The molecule has 0 N–H and O–H groups in total. The van der Waals surface area contributed by atoms with Gasteiger partial charge in [-0.25, -0.2) is 17.1 Å². The van der Waals surface area contributed by atoms with Gasteiger partial charge in [0.25, 0.3) is 0 Å². The molecular formula is C13H18FNO2S. The molecule has 1 fully saturated rings. The van der Waals surface area contributed by atoms with Crippen LogP contribution in [0, 0.1) is 11.7 Å². The highest BCUT2D eigenvalue weighted by molar-refractivity contribution is 7.88. The number of hydrogen-bond donors (Lipinski definition) is 0. The van der Waals surface area contributed by atoms with E-state index >= 15 is 0 Å². The third kappa shape index (κ3) is 3.29. The molecule has 0 aromatic heterocycles. The summed E-state index contributed by atoms with van der Waals surface area (Å²) in [7, 11) is -3.27. The Balaban J connectivity index is 2.09. The van der Waals surface area contributed by atoms with Gasteiger partial charge in [-0.1, -0.05) is 19.1 Å². The van der Waals surface area contributed by atoms with Gasteiger partial charge in [-0.2, -0.15) is 0 Å². The lowest BCUT2D eigenvalue weighted by Gasteiger charge is -2.30. The van der Waals surface area contributed by atoms with Gasteiger partial charge >= 0.3 is 0 Å². The van der Waals surface area contributed by atoms with E-state index < -0.39 is 10.0 Å². The van der Waals surface area contributed by atoms with Crippen molar-refractivity contribution >= 4 is 10.0 Å². The van der Waals surface area contributed by atoms with Gasteiger partial charge in [0, 0.05) is 13.1 Å². The molecule has 0 bridgehead atoms. The normalized spacial score (nSPS) is 22.0. The molecular weight excluding hydrogens is 253 g/mol. The number of benzene rings is 1. The molecule has 3 nitrogen and oxygen atoms in total. The highest BCUT2D eigenvalue weighted by Crippen LogP contribution is 2.20. The van der Waals surface area contributed by atoms with E-state index in [2.05, 4.69) is 6.92 Å². The summed E-state index contributed by atoms with van der Waals surface area (Å²) in [6.45, 7) is 3.27. The molecule has 0 saturated carbocycles. The summed E-state index contributed by atoms with van der Waals surface area (Å²) in [5, 5.41) is 0. The number of halogens is 1. The fraction of sp³-hybridized carbons (Fsp3) is 0.538. The van der Waals surface area contributed by atoms with Gasteiger partial charge in [-0.05, 0) is 36.5 Å². The fourth-order valence-electron chi connectivity index (χ4n) is 2.28. The molecule has 1 aliphatic heterocycles. The zero-order chi connectivity index (χ0) is 13.2. The molecule has 1 aromatic carbocycles. The number of rotatable bonds is 3. The van der Waals surface area contributed by atoms with Gasteiger partial charge in [-0.3, -0.25) is 0 Å². The number of hydrogen-bond acceptors (Lipinski definition) is 2. The van der Waals surface area contributed by atoms with Crippen molar-refractivity contribution < 1.29 is 12.8 Å². The zero-order valence-electron chi connectivity index (χ0n) is 10.5. The first-order valence-electron chi connectivity index (χ1n) is 6.19. The van der Waals surface area contributed by atoms with Crippen LogP contribution >= 0.6 is 0 Å². The molecule has 18 heavy (non-hydrogen) atoms. The lowest BCUT2D eigenvalue weighted by atomic mass is 10.0. The standard InChI is InChI=1S/C13H18FNO2S/c1-11-3-2-8-15(9-11)18(16,17)10-12-4-6-13(14)7-5-12/h4-7,11H,2-3,8-10H2,1H3. The second-order valence-electron chi connectivity index (χ2n) is 4.99. The Morgan fingerprint density at radius 3 is 2.61 bits per heavy atom. The minimum atomic E-state index is -3.27. The molecule has 1 saturated heterocycles. The molecule has 0 aliphatic carbocycles. The predicted octanol–water partition coefficient (Wildman–Crippen LogP) is 2.39. The Morgan fingerprint density at radius 2 is 2.00 bits per heavy atom. The van der Waals surface area contributed by atoms with E-state index in [0.29, 0.717) is 24.6 Å². The maximum absolute atomic E-state index is 12.8. The van der Waals surface area contributed by atoms with E-state index in [1.165, 1.54) is 24.3 Å². The molecule has 1 unspecified atom stereocenters. The van der Waals surface area contributed by atoms with Crippen LogP contribution in [0.5, 0.6) is 0 Å². The Bertz CT molecular complexity index is 498. The van der Waals surface area contributed by atoms with Crippen LogP contribution < -0.4 is 0 Å². The summed E-state index contributed by atoms with van der Waals surface area (Å²) < 4.78 is 38.8. The number of piperidine rings is 1. The van der Waals surface area contributed by atoms with E-state index in [4.69, 9.17) is 0 Å². The Kier molecular flexibility index (Phi) is 4.02. The molecule has 1 atom stereocenters. The van der Waals surface area contributed by atoms with Crippen molar-refractivity contribution in [2.24, 2.45) is 5.92 Å². The van der Waals surface area contributed by atoms with Crippen LogP contribution in [0.4, 0.5) is 4.39 Å². The Labute approximate surface area is 108 Å². The van der Waals surface area contributed by atoms with Crippen LogP contribution in [0.2, 0.25) is 0 Å². The summed E-state index contributed by atoms with van der Waals surface area (Å²) in [6, 6.07) is 5.65. The Hall–Kier alpha value is -0.940. The van der Waals surface area contributed by atoms with Crippen molar-refractivity contribution in [2.45, 2.75) is 25.5 Å². The van der Waals surface area contributed by atoms with Crippen molar-refractivity contribution in [2.75, 3.05) is 13.1 Å². The molecule has 2 rings (SSSR count). The lowest BCUT2D eigenvalue weighted by Crippen LogP contribution is -2.39. The number of nitrogens with zero attached hydrogens (tertiary/aromatic N) is 1. The van der Waals surface area contributed by atoms with Crippen LogP contribution in [-0.2, 0) is 15.8 Å². The average molecular weight is 271 g/mol. The second-order valence-corrected chi connectivity index (χ2v) is 6.96. The first-order chi connectivity index (χ1) is 8.47. The highest BCUT2D eigenvalue weighted by atomic mass is 32.2. The van der Waals surface area contributed by atoms with Crippen molar-refractivity contribution in [3.05, 3.63) is 35.6 Å². The summed E-state index contributed by atoms with van der Waals surface area (Å²) in [5.74, 6) is 0.0319. The van der Waals surface area contributed by atoms with Gasteiger partial charge in [0.05, 0.1) is 5.75 Å². The van der Waals surface area contributed by atoms with E-state index in [-0.39, 0.29) is 11.6 Å². The summed E-state index contributed by atoms with van der Waals surface area (Å²) in [5.41, 5.74) is 0.634. The summed E-state index contributed by atoms with van der Waals surface area (Å²) in [6.07, 6.45) is 2.01. The molecule has 1 aromatic rings. The topological polar surface area (TPSA) is 37.4 Å². The Morgan fingerprint density at radius 1 is 1.33 bits per heavy atom. The largest absolute Gasteiger partial charge is 0.218 e. The minimum Gasteiger partial charge on any atom is -0.212 e. The van der Waals surface area contributed by atoms with Gasteiger partial charge in [0.1, 0.15) is 5.82 Å². The monoisotopic (exact) mass is 271 g/mol. The van der Waals surface area contributed by atoms with Crippen molar-refractivity contribution in [1.29, 1.82) is 0 Å². The van der Waals surface area contributed by atoms with Crippen LogP contribution in [-0.4, -0.2) is 25.8 Å². The third-order valence-corrected chi connectivity index (χ3v) is 5.09. The van der Waals surface area contributed by atoms with Gasteiger partial charge in [0.15, 0.2) is 0 Å². The van der Waals surface area contributed by atoms with Gasteiger partial charge < -0.3 is 0 Å². The number of sulfonamides is 1. The van der Waals surface area contributed by atoms with E-state index in [0.717, 1.165) is 12.8 Å². The molecule has 0 amide bonds. The molecule has 1 heterocycles. The van der Waals surface area contributed by atoms with Crippen molar-refractivity contribution in [1.82, 2.24) is 4.31 Å². The first-order valence-corrected chi connectivity index (χ1v) is 7.80. The maximum atomic E-state index is 12.8. The maximum Gasteiger partial charge on any atom is 0.218 e. The van der Waals surface area contributed by atoms with E-state index in [9.17, 15) is 12.8 Å². The quantitative estimate of drug-likeness (QED) is 0.846. The van der Waals surface area contributed by atoms with Crippen LogP contribution in [0.15, 0.2) is 24.3 Å². The SMILES string of the molecule is CC1CCCN(S(=O)(=O)Cc2ccc(F)cc2)C1. The van der Waals surface area contributed by atoms with E-state index in [1.54, 1.807) is 4.31 Å². The third-order valence-electron chi connectivity index (χ3n) is 3.28. The summed E-state index contributed by atoms with van der Waals surface area (Å²) >= 11 is 0. The molecule has 100 valence electrons. The van der Waals surface area contributed by atoms with Gasteiger partial charge in [-0.15, -0.1) is 0 Å². The lowest BCUT2D eigenvalue weighted by molar-refractivity contribution is 0.281. The highest BCUT2D eigenvalue weighted by Gasteiger charge is 2.27. The van der Waals surface area contributed by atoms with Crippen LogP contribution in [0.1, 0.15) is 25.3 Å². The minimum absolute atomic E-state index is 0.0417. The fourth-order valence-corrected chi connectivity index (χ4v) is 3.97. The first kappa shape index (κ1) is 13.5. The molecule has 0 radical (unpaired) electrons. The average Bonchev–Trinajstić information content (AvgIpc) is 2.32.